The Morgan fingerprint density at radius 1 is 1.00 bits per heavy atom. The van der Waals surface area contributed by atoms with Crippen LogP contribution in [0.1, 0.15) is 18.5 Å². The van der Waals surface area contributed by atoms with Gasteiger partial charge in [0, 0.05) is 18.4 Å². The molecule has 3 aromatic rings. The molecule has 7 heteroatoms. The first-order valence-electron chi connectivity index (χ1n) is 8.74. The Labute approximate surface area is 158 Å². The number of nitrogens with zero attached hydrogens (tertiary/aromatic N) is 4. The summed E-state index contributed by atoms with van der Waals surface area (Å²) in [6, 6.07) is 18.8. The molecule has 0 fully saturated rings. The lowest BCUT2D eigenvalue weighted by Gasteiger charge is -2.31. The molecule has 6 nitrogen and oxygen atoms in total. The van der Waals surface area contributed by atoms with Gasteiger partial charge < -0.3 is 0 Å². The summed E-state index contributed by atoms with van der Waals surface area (Å²) in [4.78, 5) is 0. The van der Waals surface area contributed by atoms with E-state index in [-0.39, 0.29) is 5.04 Å². The van der Waals surface area contributed by atoms with Crippen LogP contribution in [0.15, 0.2) is 72.0 Å². The summed E-state index contributed by atoms with van der Waals surface area (Å²) in [6.07, 6.45) is 2.98. The first kappa shape index (κ1) is 17.5. The van der Waals surface area contributed by atoms with Crippen LogP contribution in [-0.4, -0.2) is 36.0 Å². The third-order valence-corrected chi connectivity index (χ3v) is 5.66. The number of anilines is 1. The lowest BCUT2D eigenvalue weighted by molar-refractivity contribution is 0.586. The fourth-order valence-electron chi connectivity index (χ4n) is 3.37. The zero-order valence-corrected chi connectivity index (χ0v) is 16.0. The minimum atomic E-state index is -3.52. The van der Waals surface area contributed by atoms with Gasteiger partial charge >= 0.3 is 0 Å². The molecule has 0 N–H and O–H groups in total. The van der Waals surface area contributed by atoms with E-state index in [4.69, 9.17) is 0 Å². The molecule has 0 aliphatic carbocycles. The predicted molar refractivity (Wildman–Crippen MR) is 108 cm³/mol. The molecule has 138 valence electrons. The highest BCUT2D eigenvalue weighted by Crippen LogP contribution is 2.39. The molecule has 2 aromatic carbocycles. The first-order valence-corrected chi connectivity index (χ1v) is 10.6. The maximum absolute atomic E-state index is 12.5. The van der Waals surface area contributed by atoms with Crippen molar-refractivity contribution in [3.05, 3.63) is 72.4 Å². The Hall–Kier alpha value is -2.93. The van der Waals surface area contributed by atoms with Gasteiger partial charge in [-0.15, -0.1) is 0 Å². The monoisotopic (exact) mass is 380 g/mol. The summed E-state index contributed by atoms with van der Waals surface area (Å²) in [6.45, 7) is 2.48. The summed E-state index contributed by atoms with van der Waals surface area (Å²) in [5, 5.41) is 10.9. The van der Waals surface area contributed by atoms with Crippen molar-refractivity contribution in [2.45, 2.75) is 13.0 Å². The summed E-state index contributed by atoms with van der Waals surface area (Å²) in [7, 11) is -3.52. The largest absolute Gasteiger partial charge is 0.247 e. The van der Waals surface area contributed by atoms with E-state index in [1.165, 1.54) is 6.26 Å². The lowest BCUT2D eigenvalue weighted by Crippen LogP contribution is -2.38. The smallest absolute Gasteiger partial charge is 0.193 e. The Balaban J connectivity index is 1.98. The molecule has 0 amide bonds. The maximum atomic E-state index is 12.5. The SMILES string of the molecule is CCN1N=C(S(C)(=O)=O)C(c2ccccc2)n2ncc(-c3ccccc3)c21. The van der Waals surface area contributed by atoms with Crippen molar-refractivity contribution in [2.24, 2.45) is 5.10 Å². The van der Waals surface area contributed by atoms with Crippen LogP contribution in [-0.2, 0) is 9.84 Å². The second-order valence-corrected chi connectivity index (χ2v) is 8.39. The molecule has 0 saturated heterocycles. The molecule has 1 aliphatic rings. The molecule has 0 bridgehead atoms. The molecule has 0 radical (unpaired) electrons. The van der Waals surface area contributed by atoms with Gasteiger partial charge in [-0.25, -0.2) is 18.1 Å². The number of hydrogen-bond donors (Lipinski definition) is 0. The summed E-state index contributed by atoms with van der Waals surface area (Å²) >= 11 is 0. The summed E-state index contributed by atoms with van der Waals surface area (Å²) in [5.74, 6) is 0.796. The van der Waals surface area contributed by atoms with Crippen LogP contribution in [0.2, 0.25) is 0 Å². The van der Waals surface area contributed by atoms with E-state index >= 15 is 0 Å². The van der Waals surface area contributed by atoms with Crippen LogP contribution in [0.4, 0.5) is 5.82 Å². The van der Waals surface area contributed by atoms with E-state index in [9.17, 15) is 8.42 Å². The summed E-state index contributed by atoms with van der Waals surface area (Å²) < 4.78 is 26.8. The molecular formula is C20H20N4O2S. The van der Waals surface area contributed by atoms with Gasteiger partial charge in [-0.2, -0.15) is 10.2 Å². The zero-order chi connectivity index (χ0) is 19.0. The van der Waals surface area contributed by atoms with E-state index in [0.29, 0.717) is 6.54 Å². The highest BCUT2D eigenvalue weighted by atomic mass is 32.2. The van der Waals surface area contributed by atoms with Gasteiger partial charge in [0.2, 0.25) is 0 Å². The molecule has 0 spiro atoms. The Morgan fingerprint density at radius 2 is 1.63 bits per heavy atom. The third-order valence-electron chi connectivity index (χ3n) is 4.59. The van der Waals surface area contributed by atoms with Gasteiger partial charge in [0.05, 0.1) is 6.20 Å². The maximum Gasteiger partial charge on any atom is 0.193 e. The van der Waals surface area contributed by atoms with Crippen LogP contribution in [0.25, 0.3) is 11.1 Å². The number of fused-ring (bicyclic) bond motifs is 1. The standard InChI is InChI=1S/C20H20N4O2S/c1-3-23-20-17(15-10-6-4-7-11-15)14-21-24(20)18(16-12-8-5-9-13-16)19(22-23)27(2,25)26/h4-14,18H,3H2,1-2H3. The van der Waals surface area contributed by atoms with Crippen molar-refractivity contribution >= 4 is 20.7 Å². The van der Waals surface area contributed by atoms with E-state index in [1.54, 1.807) is 15.9 Å². The molecule has 2 heterocycles. The fraction of sp³-hybridized carbons (Fsp3) is 0.200. The van der Waals surface area contributed by atoms with E-state index in [2.05, 4.69) is 10.2 Å². The first-order chi connectivity index (χ1) is 13.0. The molecule has 1 aliphatic heterocycles. The second-order valence-electron chi connectivity index (χ2n) is 6.43. The lowest BCUT2D eigenvalue weighted by atomic mass is 10.1. The van der Waals surface area contributed by atoms with Crippen molar-refractivity contribution in [2.75, 3.05) is 17.8 Å². The highest BCUT2D eigenvalue weighted by Gasteiger charge is 2.37. The number of hydrogen-bond acceptors (Lipinski definition) is 5. The molecule has 1 atom stereocenters. The quantitative estimate of drug-likeness (QED) is 0.699. The average Bonchev–Trinajstić information content (AvgIpc) is 3.12. The molecule has 4 rings (SSSR count). The second kappa shape index (κ2) is 6.66. The molecule has 27 heavy (non-hydrogen) atoms. The van der Waals surface area contributed by atoms with Gasteiger partial charge in [0.25, 0.3) is 0 Å². The number of aromatic nitrogens is 2. The molecular weight excluding hydrogens is 360 g/mol. The topological polar surface area (TPSA) is 67.6 Å². The predicted octanol–water partition coefficient (Wildman–Crippen LogP) is 3.34. The van der Waals surface area contributed by atoms with Gasteiger partial charge in [-0.05, 0) is 18.1 Å². The Morgan fingerprint density at radius 3 is 2.22 bits per heavy atom. The van der Waals surface area contributed by atoms with Crippen molar-refractivity contribution in [3.63, 3.8) is 0 Å². The van der Waals surface area contributed by atoms with Crippen molar-refractivity contribution < 1.29 is 8.42 Å². The molecule has 0 saturated carbocycles. The third kappa shape index (κ3) is 3.04. The van der Waals surface area contributed by atoms with Gasteiger partial charge in [0.1, 0.15) is 6.04 Å². The fourth-order valence-corrected chi connectivity index (χ4v) is 4.25. The normalized spacial score (nSPS) is 16.7. The van der Waals surface area contributed by atoms with E-state index < -0.39 is 15.9 Å². The zero-order valence-electron chi connectivity index (χ0n) is 15.1. The Kier molecular flexibility index (Phi) is 4.31. The van der Waals surface area contributed by atoms with E-state index in [0.717, 1.165) is 22.5 Å². The number of hydrazone groups is 1. The van der Waals surface area contributed by atoms with Crippen molar-refractivity contribution in [3.8, 4) is 11.1 Å². The van der Waals surface area contributed by atoms with Gasteiger partial charge in [-0.1, -0.05) is 60.7 Å². The minimum Gasteiger partial charge on any atom is -0.247 e. The number of benzene rings is 2. The number of rotatable bonds is 3. The van der Waals surface area contributed by atoms with Crippen LogP contribution in [0, 0.1) is 0 Å². The van der Waals surface area contributed by atoms with Crippen molar-refractivity contribution in [1.29, 1.82) is 0 Å². The van der Waals surface area contributed by atoms with Crippen LogP contribution in [0.3, 0.4) is 0 Å². The van der Waals surface area contributed by atoms with Crippen LogP contribution >= 0.6 is 0 Å². The van der Waals surface area contributed by atoms with Crippen molar-refractivity contribution in [1.82, 2.24) is 9.78 Å². The van der Waals surface area contributed by atoms with Crippen LogP contribution in [0.5, 0.6) is 0 Å². The van der Waals surface area contributed by atoms with Crippen LogP contribution < -0.4 is 5.01 Å². The Bertz CT molecular complexity index is 1090. The average molecular weight is 380 g/mol. The molecule has 1 aromatic heterocycles. The number of sulfone groups is 1. The minimum absolute atomic E-state index is 0.103. The van der Waals surface area contributed by atoms with Gasteiger partial charge in [0.15, 0.2) is 20.7 Å². The highest BCUT2D eigenvalue weighted by molar-refractivity contribution is 8.05. The summed E-state index contributed by atoms with van der Waals surface area (Å²) in [5.41, 5.74) is 2.78. The molecule has 1 unspecified atom stereocenters. The van der Waals surface area contributed by atoms with Gasteiger partial charge in [-0.3, -0.25) is 0 Å². The van der Waals surface area contributed by atoms with E-state index in [1.807, 2.05) is 67.6 Å².